The van der Waals surface area contributed by atoms with Gasteiger partial charge >= 0.3 is 5.97 Å². The Kier molecular flexibility index (Phi) is 2.76. The van der Waals surface area contributed by atoms with Gasteiger partial charge in [-0.3, -0.25) is 0 Å². The largest absolute Gasteiger partial charge is 0.465 e. The van der Waals surface area contributed by atoms with Crippen LogP contribution in [-0.4, -0.2) is 28.0 Å². The summed E-state index contributed by atoms with van der Waals surface area (Å²) < 4.78 is 28.0. The molecule has 0 saturated heterocycles. The summed E-state index contributed by atoms with van der Waals surface area (Å²) in [5.41, 5.74) is 6.77. The molecule has 0 bridgehead atoms. The molecule has 6 heteroatoms. The quantitative estimate of drug-likeness (QED) is 0.778. The molecule has 0 unspecified atom stereocenters. The van der Waals surface area contributed by atoms with Gasteiger partial charge in [0.15, 0.2) is 0 Å². The van der Waals surface area contributed by atoms with Crippen molar-refractivity contribution in [2.45, 2.75) is 4.90 Å². The zero-order valence-corrected chi connectivity index (χ0v) is 9.95. The van der Waals surface area contributed by atoms with Crippen molar-refractivity contribution in [3.05, 3.63) is 34.7 Å². The van der Waals surface area contributed by atoms with E-state index in [1.54, 1.807) is 0 Å². The SMILES string of the molecule is COC(=O)c1ccc2c(c1)C(CN)=CS2(=O)=O. The normalized spacial score (nSPS) is 16.2. The fourth-order valence-electron chi connectivity index (χ4n) is 1.75. The van der Waals surface area contributed by atoms with Crippen LogP contribution in [0.1, 0.15) is 15.9 Å². The van der Waals surface area contributed by atoms with E-state index in [1.807, 2.05) is 0 Å². The van der Waals surface area contributed by atoms with Crippen LogP contribution in [0, 0.1) is 0 Å². The van der Waals surface area contributed by atoms with Crippen LogP contribution in [0.25, 0.3) is 5.57 Å². The first-order valence-corrected chi connectivity index (χ1v) is 6.42. The first kappa shape index (κ1) is 11.8. The van der Waals surface area contributed by atoms with Gasteiger partial charge in [0.25, 0.3) is 0 Å². The van der Waals surface area contributed by atoms with Gasteiger partial charge in [-0.1, -0.05) is 0 Å². The van der Waals surface area contributed by atoms with E-state index in [0.29, 0.717) is 16.7 Å². The minimum Gasteiger partial charge on any atom is -0.465 e. The number of benzene rings is 1. The third-order valence-electron chi connectivity index (χ3n) is 2.57. The second-order valence-electron chi connectivity index (χ2n) is 3.59. The monoisotopic (exact) mass is 253 g/mol. The van der Waals surface area contributed by atoms with Crippen molar-refractivity contribution in [3.8, 4) is 0 Å². The number of sulfone groups is 1. The number of methoxy groups -OCH3 is 1. The molecule has 0 aliphatic carbocycles. The minimum atomic E-state index is -3.41. The van der Waals surface area contributed by atoms with Crippen molar-refractivity contribution < 1.29 is 17.9 Å². The van der Waals surface area contributed by atoms with Crippen LogP contribution < -0.4 is 5.73 Å². The number of hydrogen-bond acceptors (Lipinski definition) is 5. The Bertz CT molecular complexity index is 616. The molecule has 0 fully saturated rings. The minimum absolute atomic E-state index is 0.108. The van der Waals surface area contributed by atoms with Crippen LogP contribution in [0.2, 0.25) is 0 Å². The molecule has 0 saturated carbocycles. The lowest BCUT2D eigenvalue weighted by molar-refractivity contribution is 0.0600. The molecule has 0 atom stereocenters. The molecule has 5 nitrogen and oxygen atoms in total. The number of carbonyl (C=O) groups is 1. The molecule has 1 aliphatic heterocycles. The predicted octanol–water partition coefficient (Wildman–Crippen LogP) is 0.560. The summed E-state index contributed by atoms with van der Waals surface area (Å²) in [7, 11) is -2.14. The summed E-state index contributed by atoms with van der Waals surface area (Å²) in [5, 5.41) is 1.14. The predicted molar refractivity (Wildman–Crippen MR) is 62.0 cm³/mol. The Balaban J connectivity index is 2.62. The van der Waals surface area contributed by atoms with Gasteiger partial charge in [0.05, 0.1) is 17.6 Å². The number of hydrogen-bond donors (Lipinski definition) is 1. The maximum Gasteiger partial charge on any atom is 0.337 e. The highest BCUT2D eigenvalue weighted by Crippen LogP contribution is 2.33. The van der Waals surface area contributed by atoms with Crippen molar-refractivity contribution in [3.63, 3.8) is 0 Å². The first-order chi connectivity index (χ1) is 7.99. The highest BCUT2D eigenvalue weighted by atomic mass is 32.2. The molecule has 0 spiro atoms. The molecule has 0 amide bonds. The highest BCUT2D eigenvalue weighted by Gasteiger charge is 2.27. The molecule has 17 heavy (non-hydrogen) atoms. The second-order valence-corrected chi connectivity index (χ2v) is 5.36. The number of rotatable bonds is 2. The van der Waals surface area contributed by atoms with Gasteiger partial charge in [0, 0.05) is 12.0 Å². The van der Waals surface area contributed by atoms with Crippen molar-refractivity contribution >= 4 is 21.4 Å². The van der Waals surface area contributed by atoms with E-state index in [4.69, 9.17) is 5.73 Å². The van der Waals surface area contributed by atoms with E-state index < -0.39 is 15.8 Å². The van der Waals surface area contributed by atoms with Gasteiger partial charge in [0.1, 0.15) is 0 Å². The molecular weight excluding hydrogens is 242 g/mol. The molecule has 0 radical (unpaired) electrons. The molecule has 1 aliphatic rings. The summed E-state index contributed by atoms with van der Waals surface area (Å²) in [6.07, 6.45) is 0. The van der Waals surface area contributed by atoms with Gasteiger partial charge < -0.3 is 10.5 Å². The van der Waals surface area contributed by atoms with Crippen molar-refractivity contribution in [2.24, 2.45) is 5.73 Å². The zero-order chi connectivity index (χ0) is 12.6. The van der Waals surface area contributed by atoms with Crippen LogP contribution in [0.3, 0.4) is 0 Å². The number of ether oxygens (including phenoxy) is 1. The molecule has 1 aromatic rings. The first-order valence-electron chi connectivity index (χ1n) is 4.88. The average Bonchev–Trinajstić information content (AvgIpc) is 2.59. The molecule has 1 heterocycles. The van der Waals surface area contributed by atoms with Crippen molar-refractivity contribution in [2.75, 3.05) is 13.7 Å². The third kappa shape index (κ3) is 1.85. The van der Waals surface area contributed by atoms with E-state index in [2.05, 4.69) is 4.74 Å². The summed E-state index contributed by atoms with van der Waals surface area (Å²) in [6.45, 7) is 0.108. The summed E-state index contributed by atoms with van der Waals surface area (Å²) in [6, 6.07) is 4.32. The van der Waals surface area contributed by atoms with Crippen LogP contribution in [0.15, 0.2) is 28.5 Å². The molecule has 2 rings (SSSR count). The Morgan fingerprint density at radius 1 is 1.41 bits per heavy atom. The Morgan fingerprint density at radius 3 is 2.71 bits per heavy atom. The van der Waals surface area contributed by atoms with Crippen molar-refractivity contribution in [1.82, 2.24) is 0 Å². The van der Waals surface area contributed by atoms with Gasteiger partial charge in [-0.25, -0.2) is 13.2 Å². The number of carbonyl (C=O) groups excluding carboxylic acids is 1. The second kappa shape index (κ2) is 3.97. The topological polar surface area (TPSA) is 86.5 Å². The van der Waals surface area contributed by atoms with E-state index in [0.717, 1.165) is 5.41 Å². The van der Waals surface area contributed by atoms with Crippen LogP contribution in [-0.2, 0) is 14.6 Å². The fraction of sp³-hybridized carbons (Fsp3) is 0.182. The lowest BCUT2D eigenvalue weighted by Crippen LogP contribution is -2.05. The Labute approximate surface area is 98.8 Å². The summed E-state index contributed by atoms with van der Waals surface area (Å²) in [5.74, 6) is -0.506. The molecule has 90 valence electrons. The van der Waals surface area contributed by atoms with Gasteiger partial charge in [-0.2, -0.15) is 0 Å². The smallest absolute Gasteiger partial charge is 0.337 e. The van der Waals surface area contributed by atoms with Crippen LogP contribution in [0.5, 0.6) is 0 Å². The summed E-state index contributed by atoms with van der Waals surface area (Å²) >= 11 is 0. The zero-order valence-electron chi connectivity index (χ0n) is 9.14. The average molecular weight is 253 g/mol. The van der Waals surface area contributed by atoms with Crippen LogP contribution >= 0.6 is 0 Å². The maximum atomic E-state index is 11.7. The fourth-order valence-corrected chi connectivity index (χ4v) is 3.23. The summed E-state index contributed by atoms with van der Waals surface area (Å²) in [4.78, 5) is 11.5. The van der Waals surface area contributed by atoms with Gasteiger partial charge in [-0.15, -0.1) is 0 Å². The highest BCUT2D eigenvalue weighted by molar-refractivity contribution is 7.95. The third-order valence-corrected chi connectivity index (χ3v) is 4.13. The molecular formula is C11H11NO4S. The Morgan fingerprint density at radius 2 is 2.12 bits per heavy atom. The number of esters is 1. The lowest BCUT2D eigenvalue weighted by Gasteiger charge is -2.04. The number of fused-ring (bicyclic) bond motifs is 1. The van der Waals surface area contributed by atoms with Crippen LogP contribution in [0.4, 0.5) is 0 Å². The lowest BCUT2D eigenvalue weighted by atomic mass is 10.0. The van der Waals surface area contributed by atoms with Gasteiger partial charge in [-0.05, 0) is 29.3 Å². The van der Waals surface area contributed by atoms with E-state index in [-0.39, 0.29) is 11.4 Å². The van der Waals surface area contributed by atoms with E-state index >= 15 is 0 Å². The molecule has 2 N–H and O–H groups in total. The van der Waals surface area contributed by atoms with Crippen molar-refractivity contribution in [1.29, 1.82) is 0 Å². The molecule has 1 aromatic carbocycles. The Hall–Kier alpha value is -1.66. The van der Waals surface area contributed by atoms with E-state index in [1.165, 1.54) is 25.3 Å². The maximum absolute atomic E-state index is 11.7. The molecule has 0 aromatic heterocycles. The van der Waals surface area contributed by atoms with Gasteiger partial charge in [0.2, 0.25) is 9.84 Å². The van der Waals surface area contributed by atoms with E-state index in [9.17, 15) is 13.2 Å². The number of nitrogens with two attached hydrogens (primary N) is 1. The standard InChI is InChI=1S/C11H11NO4S/c1-16-11(13)7-2-3-10-9(4-7)8(5-12)6-17(10,14)15/h2-4,6H,5,12H2,1H3.